The van der Waals surface area contributed by atoms with Gasteiger partial charge in [-0.3, -0.25) is 0 Å². The molecule has 6 aromatic carbocycles. The second-order valence-electron chi connectivity index (χ2n) is 11.1. The quantitative estimate of drug-likeness (QED) is 0.198. The first-order chi connectivity index (χ1) is 22.8. The van der Waals surface area contributed by atoms with E-state index >= 15 is 0 Å². The topological polar surface area (TPSA) is 77.8 Å². The Labute approximate surface area is 263 Å². The predicted molar refractivity (Wildman–Crippen MR) is 182 cm³/mol. The first-order valence-electron chi connectivity index (χ1n) is 15.1. The molecule has 0 bridgehead atoms. The number of nitrogens with zero attached hydrogens (tertiary/aromatic N) is 4. The number of rotatable bonds is 5. The Morgan fingerprint density at radius 1 is 0.348 bits per heavy atom. The zero-order valence-electron chi connectivity index (χ0n) is 24.5. The molecule has 0 aliphatic heterocycles. The van der Waals surface area contributed by atoms with Crippen molar-refractivity contribution in [3.63, 3.8) is 0 Å². The SMILES string of the molecule is c1ccc(-c2nc(-c3ccccc3)nc(-c3ccc4oc5ccc(-c6cccc7oc(-c8ccccc8)nc67)cc5c4c3)n2)cc1. The standard InChI is InChI=1S/C40H24N4O2/c1-4-11-25(12-5-1)37-42-38(26-13-6-2-7-14-26)44-39(43-37)29-20-22-34-32(24-29)31-23-28(19-21-33(31)45-34)30-17-10-18-35-36(30)41-40(46-35)27-15-8-3-9-16-27/h1-24H. The van der Waals surface area contributed by atoms with Gasteiger partial charge in [-0.1, -0.05) is 97.1 Å². The predicted octanol–water partition coefficient (Wildman–Crippen LogP) is 10.2. The normalized spacial score (nSPS) is 11.5. The smallest absolute Gasteiger partial charge is 0.227 e. The summed E-state index contributed by atoms with van der Waals surface area (Å²) in [4.78, 5) is 19.6. The maximum absolute atomic E-state index is 6.28. The van der Waals surface area contributed by atoms with E-state index in [0.29, 0.717) is 23.4 Å². The lowest BCUT2D eigenvalue weighted by Gasteiger charge is -2.08. The summed E-state index contributed by atoms with van der Waals surface area (Å²) >= 11 is 0. The molecule has 0 saturated carbocycles. The van der Waals surface area contributed by atoms with Gasteiger partial charge in [0.15, 0.2) is 23.1 Å². The van der Waals surface area contributed by atoms with Crippen LogP contribution in [0.25, 0.3) is 89.8 Å². The minimum absolute atomic E-state index is 0.598. The average molecular weight is 593 g/mol. The molecule has 0 aliphatic rings. The van der Waals surface area contributed by atoms with Crippen molar-refractivity contribution in [3.05, 3.63) is 146 Å². The van der Waals surface area contributed by atoms with E-state index in [4.69, 9.17) is 28.8 Å². The summed E-state index contributed by atoms with van der Waals surface area (Å²) in [7, 11) is 0. The molecule has 46 heavy (non-hydrogen) atoms. The molecule has 9 aromatic rings. The Morgan fingerprint density at radius 3 is 1.48 bits per heavy atom. The molecule has 216 valence electrons. The maximum Gasteiger partial charge on any atom is 0.227 e. The van der Waals surface area contributed by atoms with Gasteiger partial charge in [0, 0.05) is 38.6 Å². The second kappa shape index (κ2) is 10.6. The summed E-state index contributed by atoms with van der Waals surface area (Å²) in [5.74, 6) is 2.45. The number of oxazole rings is 1. The van der Waals surface area contributed by atoms with Gasteiger partial charge in [0.2, 0.25) is 5.89 Å². The Morgan fingerprint density at radius 2 is 0.870 bits per heavy atom. The molecule has 3 heterocycles. The highest BCUT2D eigenvalue weighted by atomic mass is 16.3. The molecular formula is C40H24N4O2. The van der Waals surface area contributed by atoms with Crippen molar-refractivity contribution in [3.8, 4) is 56.7 Å². The lowest BCUT2D eigenvalue weighted by Crippen LogP contribution is -2.00. The number of benzene rings is 6. The molecule has 6 heteroatoms. The summed E-state index contributed by atoms with van der Waals surface area (Å²) in [5, 5.41) is 1.98. The zero-order chi connectivity index (χ0) is 30.5. The Hall–Kier alpha value is -6.40. The molecular weight excluding hydrogens is 568 g/mol. The van der Waals surface area contributed by atoms with Crippen LogP contribution in [0.3, 0.4) is 0 Å². The van der Waals surface area contributed by atoms with E-state index in [-0.39, 0.29) is 0 Å². The number of para-hydroxylation sites is 1. The number of hydrogen-bond donors (Lipinski definition) is 0. The van der Waals surface area contributed by atoms with Crippen molar-refractivity contribution in [1.29, 1.82) is 0 Å². The molecule has 0 radical (unpaired) electrons. The van der Waals surface area contributed by atoms with Crippen LogP contribution in [0.15, 0.2) is 154 Å². The summed E-state index contributed by atoms with van der Waals surface area (Å²) in [6.45, 7) is 0. The molecule has 0 spiro atoms. The fourth-order valence-electron chi connectivity index (χ4n) is 5.91. The van der Waals surface area contributed by atoms with Gasteiger partial charge in [-0.2, -0.15) is 0 Å². The van der Waals surface area contributed by atoms with Crippen LogP contribution in [0, 0.1) is 0 Å². The minimum atomic E-state index is 0.598. The van der Waals surface area contributed by atoms with E-state index in [9.17, 15) is 0 Å². The fraction of sp³-hybridized carbons (Fsp3) is 0. The van der Waals surface area contributed by atoms with Crippen molar-refractivity contribution < 1.29 is 8.83 Å². The van der Waals surface area contributed by atoms with Gasteiger partial charge < -0.3 is 8.83 Å². The first kappa shape index (κ1) is 26.0. The molecule has 3 aromatic heterocycles. The maximum atomic E-state index is 6.28. The molecule has 0 atom stereocenters. The molecule has 0 unspecified atom stereocenters. The van der Waals surface area contributed by atoms with Crippen molar-refractivity contribution in [2.45, 2.75) is 0 Å². The van der Waals surface area contributed by atoms with Gasteiger partial charge in [0.05, 0.1) is 0 Å². The van der Waals surface area contributed by atoms with Crippen LogP contribution in [0.4, 0.5) is 0 Å². The van der Waals surface area contributed by atoms with Crippen molar-refractivity contribution >= 4 is 33.0 Å². The summed E-state index contributed by atoms with van der Waals surface area (Å²) in [5.41, 5.74) is 8.86. The van der Waals surface area contributed by atoms with Gasteiger partial charge >= 0.3 is 0 Å². The Bertz CT molecular complexity index is 2460. The second-order valence-corrected chi connectivity index (χ2v) is 11.1. The average Bonchev–Trinajstić information content (AvgIpc) is 3.74. The fourth-order valence-corrected chi connectivity index (χ4v) is 5.91. The van der Waals surface area contributed by atoms with Gasteiger partial charge in [-0.05, 0) is 54.1 Å². The highest BCUT2D eigenvalue weighted by Crippen LogP contribution is 2.37. The van der Waals surface area contributed by atoms with Crippen molar-refractivity contribution in [1.82, 2.24) is 19.9 Å². The van der Waals surface area contributed by atoms with Gasteiger partial charge in [-0.15, -0.1) is 0 Å². The van der Waals surface area contributed by atoms with Crippen LogP contribution in [0.2, 0.25) is 0 Å². The summed E-state index contributed by atoms with van der Waals surface area (Å²) < 4.78 is 12.4. The van der Waals surface area contributed by atoms with Crippen molar-refractivity contribution in [2.75, 3.05) is 0 Å². The van der Waals surface area contributed by atoms with Gasteiger partial charge in [0.25, 0.3) is 0 Å². The van der Waals surface area contributed by atoms with E-state index in [0.717, 1.165) is 66.4 Å². The third kappa shape index (κ3) is 4.52. The van der Waals surface area contributed by atoms with Crippen LogP contribution >= 0.6 is 0 Å². The third-order valence-corrected chi connectivity index (χ3v) is 8.18. The Kier molecular flexibility index (Phi) is 6.03. The van der Waals surface area contributed by atoms with Crippen molar-refractivity contribution in [2.24, 2.45) is 0 Å². The molecule has 6 nitrogen and oxygen atoms in total. The number of aromatic nitrogens is 4. The van der Waals surface area contributed by atoms with E-state index in [1.165, 1.54) is 0 Å². The van der Waals surface area contributed by atoms with Crippen LogP contribution in [-0.2, 0) is 0 Å². The lowest BCUT2D eigenvalue weighted by molar-refractivity contribution is 0.620. The van der Waals surface area contributed by atoms with Gasteiger partial charge in [-0.25, -0.2) is 19.9 Å². The van der Waals surface area contributed by atoms with E-state index in [1.54, 1.807) is 0 Å². The number of hydrogen-bond acceptors (Lipinski definition) is 6. The monoisotopic (exact) mass is 592 g/mol. The van der Waals surface area contributed by atoms with Crippen LogP contribution < -0.4 is 0 Å². The molecule has 0 saturated heterocycles. The zero-order valence-corrected chi connectivity index (χ0v) is 24.5. The Balaban J connectivity index is 1.18. The summed E-state index contributed by atoms with van der Waals surface area (Å²) in [6, 6.07) is 48.3. The third-order valence-electron chi connectivity index (χ3n) is 8.18. The number of fused-ring (bicyclic) bond motifs is 4. The van der Waals surface area contributed by atoms with Crippen LogP contribution in [0.5, 0.6) is 0 Å². The lowest BCUT2D eigenvalue weighted by atomic mass is 10.0. The van der Waals surface area contributed by atoms with Crippen LogP contribution in [-0.4, -0.2) is 19.9 Å². The van der Waals surface area contributed by atoms with E-state index in [1.807, 2.05) is 121 Å². The highest BCUT2D eigenvalue weighted by Gasteiger charge is 2.17. The summed E-state index contributed by atoms with van der Waals surface area (Å²) in [6.07, 6.45) is 0. The molecule has 0 amide bonds. The molecule has 0 fully saturated rings. The van der Waals surface area contributed by atoms with E-state index < -0.39 is 0 Å². The molecule has 9 rings (SSSR count). The highest BCUT2D eigenvalue weighted by molar-refractivity contribution is 6.08. The molecule has 0 aliphatic carbocycles. The minimum Gasteiger partial charge on any atom is -0.456 e. The number of furan rings is 1. The first-order valence-corrected chi connectivity index (χ1v) is 15.1. The van der Waals surface area contributed by atoms with Crippen LogP contribution in [0.1, 0.15) is 0 Å². The van der Waals surface area contributed by atoms with E-state index in [2.05, 4.69) is 24.3 Å². The largest absolute Gasteiger partial charge is 0.456 e. The van der Waals surface area contributed by atoms with Gasteiger partial charge in [0.1, 0.15) is 16.7 Å². The molecule has 0 N–H and O–H groups in total.